The topological polar surface area (TPSA) is 61.9 Å². The molecule has 0 radical (unpaired) electrons. The van der Waals surface area contributed by atoms with E-state index >= 15 is 0 Å². The van der Waals surface area contributed by atoms with Gasteiger partial charge in [0.1, 0.15) is 0 Å². The predicted octanol–water partition coefficient (Wildman–Crippen LogP) is -0.788. The molecule has 0 saturated carbocycles. The molecule has 6 nitrogen and oxygen atoms in total. The van der Waals surface area contributed by atoms with Gasteiger partial charge in [0.2, 0.25) is 11.8 Å². The van der Waals surface area contributed by atoms with E-state index < -0.39 is 0 Å². The van der Waals surface area contributed by atoms with E-state index in [9.17, 15) is 9.59 Å². The number of hydrogen-bond donors (Lipinski definition) is 1. The highest BCUT2D eigenvalue weighted by Gasteiger charge is 2.28. The molecule has 104 valence electrons. The third-order valence-electron chi connectivity index (χ3n) is 2.72. The van der Waals surface area contributed by atoms with Crippen LogP contribution in [0.25, 0.3) is 0 Å². The molecule has 1 atom stereocenters. The van der Waals surface area contributed by atoms with E-state index in [1.807, 2.05) is 0 Å². The van der Waals surface area contributed by atoms with Crippen LogP contribution >= 0.6 is 11.8 Å². The van der Waals surface area contributed by atoms with Crippen molar-refractivity contribution < 1.29 is 14.3 Å². The first-order valence-electron chi connectivity index (χ1n) is 5.85. The number of ether oxygens (including phenoxy) is 1. The van der Waals surface area contributed by atoms with Gasteiger partial charge in [-0.3, -0.25) is 14.9 Å². The number of nitrogens with zero attached hydrogens (tertiary/aromatic N) is 2. The van der Waals surface area contributed by atoms with Crippen LogP contribution in [0, 0.1) is 0 Å². The molecule has 2 amide bonds. The van der Waals surface area contributed by atoms with Gasteiger partial charge in [-0.2, -0.15) is 0 Å². The van der Waals surface area contributed by atoms with Gasteiger partial charge in [-0.1, -0.05) is 0 Å². The Kier molecular flexibility index (Phi) is 6.45. The molecular weight excluding hydrogens is 254 g/mol. The first kappa shape index (κ1) is 15.3. The number of methoxy groups -OCH3 is 1. The van der Waals surface area contributed by atoms with Crippen molar-refractivity contribution in [2.24, 2.45) is 0 Å². The second-order valence-electron chi connectivity index (χ2n) is 4.31. The molecule has 1 aliphatic rings. The summed E-state index contributed by atoms with van der Waals surface area (Å²) < 4.78 is 4.98. The third-order valence-corrected chi connectivity index (χ3v) is 3.66. The van der Waals surface area contributed by atoms with Gasteiger partial charge in [0, 0.05) is 39.4 Å². The van der Waals surface area contributed by atoms with Gasteiger partial charge >= 0.3 is 0 Å². The Morgan fingerprint density at radius 2 is 2.17 bits per heavy atom. The van der Waals surface area contributed by atoms with Gasteiger partial charge in [0.25, 0.3) is 0 Å². The Bertz CT molecular complexity index is 293. The average Bonchev–Trinajstić information content (AvgIpc) is 2.86. The minimum Gasteiger partial charge on any atom is -0.383 e. The van der Waals surface area contributed by atoms with Crippen molar-refractivity contribution in [2.75, 3.05) is 52.5 Å². The molecule has 1 heterocycles. The monoisotopic (exact) mass is 275 g/mol. The number of nitrogens with one attached hydrogen (secondary N) is 1. The van der Waals surface area contributed by atoms with Crippen LogP contribution in [0.2, 0.25) is 0 Å². The van der Waals surface area contributed by atoms with Crippen molar-refractivity contribution in [3.8, 4) is 0 Å². The van der Waals surface area contributed by atoms with Crippen molar-refractivity contribution in [2.45, 2.75) is 6.04 Å². The summed E-state index contributed by atoms with van der Waals surface area (Å²) in [6.07, 6.45) is 0. The van der Waals surface area contributed by atoms with E-state index in [2.05, 4.69) is 5.32 Å². The molecule has 0 aromatic carbocycles. The van der Waals surface area contributed by atoms with Gasteiger partial charge in [-0.05, 0) is 0 Å². The number of carbonyl (C=O) groups is 2. The van der Waals surface area contributed by atoms with E-state index in [1.54, 1.807) is 37.9 Å². The summed E-state index contributed by atoms with van der Waals surface area (Å²) in [6.45, 7) is 0.988. The largest absolute Gasteiger partial charge is 0.383 e. The molecule has 1 aliphatic heterocycles. The van der Waals surface area contributed by atoms with Gasteiger partial charge in [0.05, 0.1) is 19.2 Å². The van der Waals surface area contributed by atoms with E-state index in [1.165, 1.54) is 4.90 Å². The molecule has 0 aromatic heterocycles. The molecule has 1 fully saturated rings. The Balaban J connectivity index is 2.58. The van der Waals surface area contributed by atoms with Gasteiger partial charge in [-0.25, -0.2) is 0 Å². The van der Waals surface area contributed by atoms with Crippen LogP contribution in [0.5, 0.6) is 0 Å². The number of rotatable bonds is 6. The van der Waals surface area contributed by atoms with Crippen molar-refractivity contribution in [1.82, 2.24) is 15.1 Å². The van der Waals surface area contributed by atoms with Crippen molar-refractivity contribution in [3.63, 3.8) is 0 Å². The van der Waals surface area contributed by atoms with Gasteiger partial charge < -0.3 is 14.5 Å². The van der Waals surface area contributed by atoms with E-state index in [0.717, 1.165) is 11.6 Å². The average molecular weight is 275 g/mol. The van der Waals surface area contributed by atoms with Crippen molar-refractivity contribution in [3.05, 3.63) is 0 Å². The Morgan fingerprint density at radius 3 is 2.67 bits per heavy atom. The minimum atomic E-state index is -0.179. The molecule has 0 spiro atoms. The Hall–Kier alpha value is -0.790. The minimum absolute atomic E-state index is 0.0211. The van der Waals surface area contributed by atoms with E-state index in [0.29, 0.717) is 13.2 Å². The fourth-order valence-electron chi connectivity index (χ4n) is 1.55. The quantitative estimate of drug-likeness (QED) is 0.688. The van der Waals surface area contributed by atoms with Gasteiger partial charge in [-0.15, -0.1) is 11.8 Å². The van der Waals surface area contributed by atoms with Crippen molar-refractivity contribution in [1.29, 1.82) is 0 Å². The third kappa shape index (κ3) is 4.47. The van der Waals surface area contributed by atoms with Crippen molar-refractivity contribution >= 4 is 23.6 Å². The summed E-state index contributed by atoms with van der Waals surface area (Å²) in [4.78, 5) is 27.0. The van der Waals surface area contributed by atoms with Crippen LogP contribution in [0.15, 0.2) is 0 Å². The zero-order valence-corrected chi connectivity index (χ0v) is 12.0. The zero-order chi connectivity index (χ0) is 13.5. The zero-order valence-electron chi connectivity index (χ0n) is 11.1. The fourth-order valence-corrected chi connectivity index (χ4v) is 2.48. The summed E-state index contributed by atoms with van der Waals surface area (Å²) in [6, 6.07) is -0.179. The maximum Gasteiger partial charge on any atom is 0.241 e. The van der Waals surface area contributed by atoms with Gasteiger partial charge in [0.15, 0.2) is 0 Å². The summed E-state index contributed by atoms with van der Waals surface area (Å²) in [7, 11) is 4.95. The number of amides is 2. The Morgan fingerprint density at radius 1 is 1.44 bits per heavy atom. The lowest BCUT2D eigenvalue weighted by molar-refractivity contribution is -0.140. The van der Waals surface area contributed by atoms with Crippen LogP contribution < -0.4 is 5.32 Å². The van der Waals surface area contributed by atoms with Crippen LogP contribution in [-0.4, -0.2) is 80.2 Å². The molecular formula is C11H21N3O3S. The molecule has 0 aromatic rings. The number of likely N-dealkylation sites (N-methyl/N-ethyl adjacent to an activating group) is 1. The highest BCUT2D eigenvalue weighted by Crippen LogP contribution is 2.12. The highest BCUT2D eigenvalue weighted by atomic mass is 32.2. The second-order valence-corrected chi connectivity index (χ2v) is 5.34. The molecule has 7 heteroatoms. The summed E-state index contributed by atoms with van der Waals surface area (Å²) >= 11 is 1.69. The molecule has 1 rings (SSSR count). The standard InChI is InChI=1S/C11H21N3O3S/c1-13(2)10(15)6-14(4-5-17-3)11(16)9-7-18-8-12-9/h9,12H,4-8H2,1-3H3. The molecule has 1 N–H and O–H groups in total. The van der Waals surface area contributed by atoms with E-state index in [4.69, 9.17) is 4.74 Å². The Labute approximate surface area is 112 Å². The molecule has 0 aliphatic carbocycles. The number of thioether (sulfide) groups is 1. The number of carbonyl (C=O) groups excluding carboxylic acids is 2. The lowest BCUT2D eigenvalue weighted by Gasteiger charge is -2.26. The normalized spacial score (nSPS) is 18.7. The lowest BCUT2D eigenvalue weighted by Crippen LogP contribution is -2.49. The summed E-state index contributed by atoms with van der Waals surface area (Å²) in [5.41, 5.74) is 0. The smallest absolute Gasteiger partial charge is 0.241 e. The molecule has 0 bridgehead atoms. The van der Waals surface area contributed by atoms with Crippen LogP contribution in [0.1, 0.15) is 0 Å². The SMILES string of the molecule is COCCN(CC(=O)N(C)C)C(=O)C1CSCN1. The molecule has 1 saturated heterocycles. The first-order chi connectivity index (χ1) is 8.56. The molecule has 18 heavy (non-hydrogen) atoms. The fraction of sp³-hybridized carbons (Fsp3) is 0.818. The van der Waals surface area contributed by atoms with Crippen LogP contribution in [0.3, 0.4) is 0 Å². The molecule has 1 unspecified atom stereocenters. The second kappa shape index (κ2) is 7.60. The lowest BCUT2D eigenvalue weighted by atomic mass is 10.2. The summed E-state index contributed by atoms with van der Waals surface area (Å²) in [5, 5.41) is 3.12. The first-order valence-corrected chi connectivity index (χ1v) is 7.00. The predicted molar refractivity (Wildman–Crippen MR) is 71.4 cm³/mol. The maximum absolute atomic E-state index is 12.2. The highest BCUT2D eigenvalue weighted by molar-refractivity contribution is 7.99. The summed E-state index contributed by atoms with van der Waals surface area (Å²) in [5.74, 6) is 1.45. The maximum atomic E-state index is 12.2. The van der Waals surface area contributed by atoms with E-state index in [-0.39, 0.29) is 24.4 Å². The van der Waals surface area contributed by atoms with Crippen LogP contribution in [0.4, 0.5) is 0 Å². The number of hydrogen-bond acceptors (Lipinski definition) is 5. The van der Waals surface area contributed by atoms with Crippen LogP contribution in [-0.2, 0) is 14.3 Å².